The summed E-state index contributed by atoms with van der Waals surface area (Å²) in [6.07, 6.45) is 15.6. The lowest BCUT2D eigenvalue weighted by Gasteiger charge is -2.14. The molecule has 0 N–H and O–H groups in total. The maximum atomic E-state index is 11.2. The van der Waals surface area contributed by atoms with Gasteiger partial charge in [0.25, 0.3) is 17.7 Å². The van der Waals surface area contributed by atoms with Crippen LogP contribution in [0, 0.1) is 0 Å². The topological polar surface area (TPSA) is 264 Å². The van der Waals surface area contributed by atoms with Gasteiger partial charge in [0.2, 0.25) is 35.4 Å². The van der Waals surface area contributed by atoms with Gasteiger partial charge in [0.1, 0.15) is 19.8 Å². The number of carbonyl (C=O) groups excluding carboxylic acids is 12. The predicted molar refractivity (Wildman–Crippen MR) is 295 cm³/mol. The number of esters is 2. The molecule has 0 saturated carbocycles. The highest BCUT2D eigenvalue weighted by Gasteiger charge is 2.32. The quantitative estimate of drug-likeness (QED) is 0.0646. The second-order valence-corrected chi connectivity index (χ2v) is 18.7. The fourth-order valence-electron chi connectivity index (χ4n) is 7.89. The van der Waals surface area contributed by atoms with Gasteiger partial charge in [0.15, 0.2) is 0 Å². The molecule has 0 aromatic carbocycles. The van der Waals surface area contributed by atoms with Gasteiger partial charge in [-0.15, -0.1) is 5.06 Å². The number of likely N-dealkylation sites (tertiary alicyclic amines) is 6. The SMILES string of the molecule is C=C(C)C(=O)N1CCCC1.C=C(C)C(=O)N1CCCC1=O.C=C(C)C(=O)OCCN1CCCC1=O.C=CC(=O)N1CCCC1.C=CC(=O)OCCN1CCCC1=O.C=CC(=O)ON1C(=O)CCC1=O.C=COCCN1CCCC1=O. The molecule has 9 amide bonds. The summed E-state index contributed by atoms with van der Waals surface area (Å²) in [4.78, 5) is 146. The van der Waals surface area contributed by atoms with Crippen LogP contribution in [0.1, 0.15) is 111 Å². The molecule has 7 rings (SSSR count). The van der Waals surface area contributed by atoms with Crippen molar-refractivity contribution in [3.05, 3.63) is 87.3 Å². The van der Waals surface area contributed by atoms with E-state index in [0.29, 0.717) is 80.3 Å². The Kier molecular flexibility index (Phi) is 34.5. The summed E-state index contributed by atoms with van der Waals surface area (Å²) in [6, 6.07) is 0. The van der Waals surface area contributed by atoms with Gasteiger partial charge in [-0.1, -0.05) is 46.1 Å². The Hall–Kier alpha value is -7.98. The molecular formula is C57H83N7O16. The Morgan fingerprint density at radius 1 is 0.438 bits per heavy atom. The molecule has 442 valence electrons. The van der Waals surface area contributed by atoms with Crippen molar-refractivity contribution in [3.63, 3.8) is 0 Å². The number of imide groups is 2. The second kappa shape index (κ2) is 39.4. The van der Waals surface area contributed by atoms with Crippen LogP contribution in [0.25, 0.3) is 0 Å². The summed E-state index contributed by atoms with van der Waals surface area (Å²) in [7, 11) is 0. The van der Waals surface area contributed by atoms with Crippen molar-refractivity contribution in [2.24, 2.45) is 0 Å². The van der Waals surface area contributed by atoms with Gasteiger partial charge >= 0.3 is 17.9 Å². The zero-order valence-corrected chi connectivity index (χ0v) is 47.2. The van der Waals surface area contributed by atoms with E-state index in [2.05, 4.69) is 50.9 Å². The Balaban J connectivity index is 0.000000468. The van der Waals surface area contributed by atoms with E-state index in [1.54, 1.807) is 30.6 Å². The minimum Gasteiger partial charge on any atom is -0.500 e. The molecule has 0 spiro atoms. The molecule has 7 saturated heterocycles. The minimum absolute atomic E-state index is 0.0713. The molecule has 23 heteroatoms. The fraction of sp³-hybridized carbons (Fsp3) is 0.544. The lowest BCUT2D eigenvalue weighted by molar-refractivity contribution is -0.193. The monoisotopic (exact) mass is 1120 g/mol. The number of ether oxygens (including phenoxy) is 3. The number of amides is 9. The van der Waals surface area contributed by atoms with Crippen molar-refractivity contribution in [1.82, 2.24) is 34.5 Å². The number of hydrogen-bond acceptors (Lipinski definition) is 16. The van der Waals surface area contributed by atoms with Crippen LogP contribution in [0.4, 0.5) is 0 Å². The van der Waals surface area contributed by atoms with E-state index in [-0.39, 0.29) is 67.4 Å². The van der Waals surface area contributed by atoms with Gasteiger partial charge in [-0.2, -0.15) is 0 Å². The van der Waals surface area contributed by atoms with E-state index in [1.165, 1.54) is 17.2 Å². The van der Waals surface area contributed by atoms with E-state index in [4.69, 9.17) is 14.2 Å². The lowest BCUT2D eigenvalue weighted by Crippen LogP contribution is -2.32. The van der Waals surface area contributed by atoms with Crippen LogP contribution >= 0.6 is 0 Å². The summed E-state index contributed by atoms with van der Waals surface area (Å²) in [5, 5.41) is 0.476. The first kappa shape index (κ1) is 70.0. The summed E-state index contributed by atoms with van der Waals surface area (Å²) in [5.41, 5.74) is 1.47. The van der Waals surface area contributed by atoms with Gasteiger partial charge in [-0.3, -0.25) is 48.1 Å². The molecule has 80 heavy (non-hydrogen) atoms. The van der Waals surface area contributed by atoms with Crippen molar-refractivity contribution < 1.29 is 76.6 Å². The Labute approximate surface area is 470 Å². The summed E-state index contributed by atoms with van der Waals surface area (Å²) in [5.74, 6) is -2.17. The van der Waals surface area contributed by atoms with Gasteiger partial charge in [0, 0.05) is 120 Å². The summed E-state index contributed by atoms with van der Waals surface area (Å²) >= 11 is 0. The third-order valence-electron chi connectivity index (χ3n) is 12.2. The normalized spacial score (nSPS) is 16.8. The Morgan fingerprint density at radius 2 is 0.850 bits per heavy atom. The fourth-order valence-corrected chi connectivity index (χ4v) is 7.89. The van der Waals surface area contributed by atoms with Crippen molar-refractivity contribution in [1.29, 1.82) is 0 Å². The standard InChI is InChI=1S/C10H15NO3.C9H13NO3.C8H11NO2.C8H13NO2.C8H13NO.C7H7NO4.C7H11NO/c1-8(2)10(13)14-7-6-11-5-3-4-9(11)12;1-2-9(12)13-7-6-10-5-3-4-8(10)11;1-6(2)8(11)9-5-3-4-7(9)10;1-2-11-7-6-9-5-3-4-8(9)10;1-7(2)8(10)9-5-3-4-6-9;1-2-7(11)12-8-5(9)3-4-6(8)10;1-2-7(9)8-5-3-4-6-8/h1,3-7H2,2H3;2H,1,3-7H2;1,3-5H2,2H3;2H,1,3-7H2;1,3-6H2,2H3;2H,1,3-4H2;2H,1,3-6H2. The van der Waals surface area contributed by atoms with E-state index in [0.717, 1.165) is 109 Å². The first-order chi connectivity index (χ1) is 38.0. The van der Waals surface area contributed by atoms with Crippen LogP contribution in [0.2, 0.25) is 0 Å². The van der Waals surface area contributed by atoms with Crippen molar-refractivity contribution >= 4 is 71.1 Å². The van der Waals surface area contributed by atoms with Gasteiger partial charge < -0.3 is 43.5 Å². The highest BCUT2D eigenvalue weighted by Crippen LogP contribution is 2.15. The van der Waals surface area contributed by atoms with Gasteiger partial charge in [0.05, 0.1) is 25.9 Å². The molecule has 7 fully saturated rings. The highest BCUT2D eigenvalue weighted by molar-refractivity contribution is 6.04. The van der Waals surface area contributed by atoms with Crippen LogP contribution in [-0.2, 0) is 76.6 Å². The minimum atomic E-state index is -0.807. The van der Waals surface area contributed by atoms with Gasteiger partial charge in [-0.25, -0.2) is 14.4 Å². The first-order valence-electron chi connectivity index (χ1n) is 26.8. The molecule has 0 bridgehead atoms. The second-order valence-electron chi connectivity index (χ2n) is 18.7. The number of carbonyl (C=O) groups is 12. The zero-order chi connectivity index (χ0) is 60.2. The third-order valence-corrected chi connectivity index (χ3v) is 12.2. The number of hydrogen-bond donors (Lipinski definition) is 0. The molecule has 0 radical (unpaired) electrons. The molecule has 23 nitrogen and oxygen atoms in total. The van der Waals surface area contributed by atoms with Gasteiger partial charge in [-0.05, 0) is 78.2 Å². The maximum Gasteiger partial charge on any atom is 0.356 e. The van der Waals surface area contributed by atoms with Crippen LogP contribution in [0.15, 0.2) is 87.3 Å². The first-order valence-corrected chi connectivity index (χ1v) is 26.8. The smallest absolute Gasteiger partial charge is 0.356 e. The molecule has 0 atom stereocenters. The van der Waals surface area contributed by atoms with E-state index in [1.807, 2.05) is 14.7 Å². The van der Waals surface area contributed by atoms with Crippen LogP contribution < -0.4 is 0 Å². The van der Waals surface area contributed by atoms with E-state index < -0.39 is 29.7 Å². The zero-order valence-electron chi connectivity index (χ0n) is 47.2. The molecule has 7 aliphatic heterocycles. The van der Waals surface area contributed by atoms with Crippen LogP contribution in [0.3, 0.4) is 0 Å². The molecule has 7 aliphatic rings. The molecule has 0 aromatic heterocycles. The largest absolute Gasteiger partial charge is 0.500 e. The van der Waals surface area contributed by atoms with Crippen molar-refractivity contribution in [2.75, 3.05) is 91.8 Å². The predicted octanol–water partition coefficient (Wildman–Crippen LogP) is 4.31. The molecule has 0 aliphatic carbocycles. The van der Waals surface area contributed by atoms with Crippen LogP contribution in [0.5, 0.6) is 0 Å². The Bertz CT molecular complexity index is 2250. The summed E-state index contributed by atoms with van der Waals surface area (Å²) < 4.78 is 14.5. The van der Waals surface area contributed by atoms with E-state index >= 15 is 0 Å². The number of nitrogens with zero attached hydrogens (tertiary/aromatic N) is 7. The highest BCUT2D eigenvalue weighted by atomic mass is 16.7. The third kappa shape index (κ3) is 27.6. The lowest BCUT2D eigenvalue weighted by atomic mass is 10.3. The Morgan fingerprint density at radius 3 is 1.21 bits per heavy atom. The van der Waals surface area contributed by atoms with Crippen molar-refractivity contribution in [2.45, 2.75) is 111 Å². The van der Waals surface area contributed by atoms with Crippen molar-refractivity contribution in [3.8, 4) is 0 Å². The molecular weight excluding hydrogens is 1040 g/mol. The average Bonchev–Trinajstić information content (AvgIpc) is 4.33. The van der Waals surface area contributed by atoms with E-state index in [9.17, 15) is 57.5 Å². The number of rotatable bonds is 17. The maximum absolute atomic E-state index is 11.2. The molecule has 0 unspecified atom stereocenters. The number of hydroxylamine groups is 2. The summed E-state index contributed by atoms with van der Waals surface area (Å²) in [6.45, 7) is 38.3. The molecule has 7 heterocycles. The molecule has 0 aromatic rings. The average molecular weight is 1120 g/mol. The van der Waals surface area contributed by atoms with Crippen LogP contribution in [-0.4, -0.2) is 197 Å².